The highest BCUT2D eigenvalue weighted by Gasteiger charge is 2.33. The average Bonchev–Trinajstić information content (AvgIpc) is 2.84. The van der Waals surface area contributed by atoms with E-state index in [0.717, 1.165) is 41.4 Å². The molecule has 1 aliphatic heterocycles. The van der Waals surface area contributed by atoms with Crippen LogP contribution < -0.4 is 0 Å². The molecule has 0 unspecified atom stereocenters. The van der Waals surface area contributed by atoms with Crippen molar-refractivity contribution in [3.8, 4) is 22.6 Å². The highest BCUT2D eigenvalue weighted by Crippen LogP contribution is 2.36. The summed E-state index contributed by atoms with van der Waals surface area (Å²) in [5.41, 5.74) is 3.50. The molecule has 9 heteroatoms. The maximum absolute atomic E-state index is 13.3. The van der Waals surface area contributed by atoms with Gasteiger partial charge in [-0.3, -0.25) is 9.88 Å². The van der Waals surface area contributed by atoms with Crippen molar-refractivity contribution in [2.45, 2.75) is 25.7 Å². The summed E-state index contributed by atoms with van der Waals surface area (Å²) in [6, 6.07) is 8.98. The topological polar surface area (TPSA) is 67.7 Å². The summed E-state index contributed by atoms with van der Waals surface area (Å²) >= 11 is 0. The highest BCUT2D eigenvalue weighted by atomic mass is 19.4. The van der Waals surface area contributed by atoms with Crippen LogP contribution >= 0.6 is 0 Å². The summed E-state index contributed by atoms with van der Waals surface area (Å²) < 4.78 is 39.9. The van der Waals surface area contributed by atoms with Gasteiger partial charge in [0.25, 0.3) is 0 Å². The van der Waals surface area contributed by atoms with Crippen molar-refractivity contribution in [1.29, 1.82) is 0 Å². The number of hydrogen-bond donors (Lipinski definition) is 0. The van der Waals surface area contributed by atoms with Gasteiger partial charge >= 0.3 is 6.18 Å². The molecule has 1 aliphatic rings. The molecule has 0 saturated carbocycles. The van der Waals surface area contributed by atoms with Crippen LogP contribution in [-0.2, 0) is 25.7 Å². The number of hydrogen-bond acceptors (Lipinski definition) is 6. The summed E-state index contributed by atoms with van der Waals surface area (Å²) in [6.45, 7) is 2.15. The van der Waals surface area contributed by atoms with Crippen LogP contribution in [0.2, 0.25) is 0 Å². The molecule has 0 bridgehead atoms. The lowest BCUT2D eigenvalue weighted by Crippen LogP contribution is -2.31. The predicted octanol–water partition coefficient (Wildman–Crippen LogP) is 4.57. The van der Waals surface area contributed by atoms with Gasteiger partial charge in [-0.2, -0.15) is 13.2 Å². The lowest BCUT2D eigenvalue weighted by molar-refractivity contribution is -0.137. The van der Waals surface area contributed by atoms with Crippen LogP contribution in [0.5, 0.6) is 0 Å². The molecule has 0 atom stereocenters. The fourth-order valence-corrected chi connectivity index (χ4v) is 3.95. The normalized spacial score (nSPS) is 14.2. The molecule has 33 heavy (non-hydrogen) atoms. The van der Waals surface area contributed by atoms with E-state index >= 15 is 0 Å². The van der Waals surface area contributed by atoms with Crippen LogP contribution in [0, 0.1) is 0 Å². The zero-order chi connectivity index (χ0) is 22.8. The third-order valence-corrected chi connectivity index (χ3v) is 5.57. The molecule has 4 heterocycles. The van der Waals surface area contributed by atoms with Crippen molar-refractivity contribution < 1.29 is 13.2 Å². The number of benzene rings is 1. The summed E-state index contributed by atoms with van der Waals surface area (Å²) in [7, 11) is 0. The molecule has 1 aromatic carbocycles. The number of fused-ring (bicyclic) bond motifs is 1. The fourth-order valence-electron chi connectivity index (χ4n) is 3.95. The Balaban J connectivity index is 1.29. The number of halogens is 3. The van der Waals surface area contributed by atoms with Crippen LogP contribution in [0.25, 0.3) is 22.6 Å². The predicted molar refractivity (Wildman–Crippen MR) is 116 cm³/mol. The number of alkyl halides is 3. The number of nitrogens with zero attached hydrogens (tertiary/aromatic N) is 6. The van der Waals surface area contributed by atoms with Crippen LogP contribution in [0.3, 0.4) is 0 Å². The van der Waals surface area contributed by atoms with E-state index in [1.165, 1.54) is 18.5 Å². The van der Waals surface area contributed by atoms with Crippen molar-refractivity contribution >= 4 is 0 Å². The SMILES string of the molecule is FC(F)(F)c1ccccc1-c1ccc(CN2CCc3nc(-c4cncnc4)ncc3C2)cn1. The van der Waals surface area contributed by atoms with Crippen molar-refractivity contribution in [3.63, 3.8) is 0 Å². The Morgan fingerprint density at radius 1 is 0.909 bits per heavy atom. The number of rotatable bonds is 4. The second-order valence-corrected chi connectivity index (χ2v) is 7.85. The molecule has 4 aromatic rings. The Kier molecular flexibility index (Phi) is 5.55. The first-order valence-corrected chi connectivity index (χ1v) is 10.4. The van der Waals surface area contributed by atoms with Crippen LogP contribution in [0.1, 0.15) is 22.4 Å². The molecular weight excluding hydrogens is 429 g/mol. The molecule has 0 radical (unpaired) electrons. The minimum Gasteiger partial charge on any atom is -0.294 e. The van der Waals surface area contributed by atoms with E-state index in [-0.39, 0.29) is 5.56 Å². The van der Waals surface area contributed by atoms with Gasteiger partial charge in [-0.25, -0.2) is 19.9 Å². The molecule has 5 rings (SSSR count). The van der Waals surface area contributed by atoms with Gasteiger partial charge in [0.1, 0.15) is 6.33 Å². The lowest BCUT2D eigenvalue weighted by atomic mass is 10.0. The number of pyridine rings is 1. The van der Waals surface area contributed by atoms with E-state index in [9.17, 15) is 13.2 Å². The molecule has 0 aliphatic carbocycles. The van der Waals surface area contributed by atoms with Crippen molar-refractivity contribution in [2.75, 3.05) is 6.54 Å². The molecule has 0 amide bonds. The summed E-state index contributed by atoms with van der Waals surface area (Å²) in [6.07, 6.45) is 4.69. The van der Waals surface area contributed by atoms with Crippen molar-refractivity contribution in [3.05, 3.63) is 89.9 Å². The smallest absolute Gasteiger partial charge is 0.294 e. The second kappa shape index (κ2) is 8.67. The van der Waals surface area contributed by atoms with Gasteiger partial charge in [-0.05, 0) is 17.7 Å². The zero-order valence-electron chi connectivity index (χ0n) is 17.5. The molecule has 0 spiro atoms. The van der Waals surface area contributed by atoms with Gasteiger partial charge in [0.05, 0.1) is 22.5 Å². The van der Waals surface area contributed by atoms with Gasteiger partial charge in [0, 0.05) is 62.0 Å². The summed E-state index contributed by atoms with van der Waals surface area (Å²) in [5, 5.41) is 0. The average molecular weight is 448 g/mol. The maximum Gasteiger partial charge on any atom is 0.417 e. The van der Waals surface area contributed by atoms with E-state index < -0.39 is 11.7 Å². The zero-order valence-corrected chi connectivity index (χ0v) is 17.5. The van der Waals surface area contributed by atoms with Gasteiger partial charge in [-0.15, -0.1) is 0 Å². The van der Waals surface area contributed by atoms with Crippen LogP contribution in [0.15, 0.2) is 67.5 Å². The van der Waals surface area contributed by atoms with Crippen LogP contribution in [-0.4, -0.2) is 36.4 Å². The fraction of sp³-hybridized carbons (Fsp3) is 0.208. The first kappa shape index (κ1) is 21.1. The Labute approximate surface area is 188 Å². The molecule has 3 aromatic heterocycles. The molecule has 0 saturated heterocycles. The van der Waals surface area contributed by atoms with Crippen molar-refractivity contribution in [2.24, 2.45) is 0 Å². The third kappa shape index (κ3) is 4.58. The van der Waals surface area contributed by atoms with Crippen LogP contribution in [0.4, 0.5) is 13.2 Å². The highest BCUT2D eigenvalue weighted by molar-refractivity contribution is 5.64. The molecule has 6 nitrogen and oxygen atoms in total. The standard InChI is InChI=1S/C24H19F3N6/c25-24(26,27)20-4-2-1-3-19(20)22-6-5-16(9-30-22)13-33-8-7-21-18(14-33)12-31-23(32-21)17-10-28-15-29-11-17/h1-6,9-12,15H,7-8,13-14H2. The third-order valence-electron chi connectivity index (χ3n) is 5.57. The first-order valence-electron chi connectivity index (χ1n) is 10.4. The van der Waals surface area contributed by atoms with Gasteiger partial charge < -0.3 is 0 Å². The lowest BCUT2D eigenvalue weighted by Gasteiger charge is -2.28. The monoisotopic (exact) mass is 448 g/mol. The number of aromatic nitrogens is 5. The minimum absolute atomic E-state index is 0.0835. The Morgan fingerprint density at radius 2 is 1.73 bits per heavy atom. The first-order chi connectivity index (χ1) is 16.0. The van der Waals surface area contributed by atoms with Gasteiger partial charge in [-0.1, -0.05) is 24.3 Å². The van der Waals surface area contributed by atoms with Gasteiger partial charge in [0.15, 0.2) is 5.82 Å². The van der Waals surface area contributed by atoms with Gasteiger partial charge in [0.2, 0.25) is 0 Å². The molecule has 166 valence electrons. The summed E-state index contributed by atoms with van der Waals surface area (Å²) in [5.74, 6) is 0.613. The maximum atomic E-state index is 13.3. The Bertz CT molecular complexity index is 1260. The Morgan fingerprint density at radius 3 is 2.48 bits per heavy atom. The molecule has 0 fully saturated rings. The second-order valence-electron chi connectivity index (χ2n) is 7.85. The Hall–Kier alpha value is -3.72. The summed E-state index contributed by atoms with van der Waals surface area (Å²) in [4.78, 5) is 23.7. The van der Waals surface area contributed by atoms with E-state index in [1.807, 2.05) is 12.3 Å². The minimum atomic E-state index is -4.42. The largest absolute Gasteiger partial charge is 0.417 e. The van der Waals surface area contributed by atoms with Crippen molar-refractivity contribution in [1.82, 2.24) is 29.8 Å². The van der Waals surface area contributed by atoms with E-state index in [0.29, 0.717) is 24.6 Å². The van der Waals surface area contributed by atoms with E-state index in [2.05, 4.69) is 29.8 Å². The molecular formula is C24H19F3N6. The quantitative estimate of drug-likeness (QED) is 0.456. The van der Waals surface area contributed by atoms with E-state index in [4.69, 9.17) is 0 Å². The van der Waals surface area contributed by atoms with E-state index in [1.54, 1.807) is 30.7 Å². The molecule has 0 N–H and O–H groups in total.